The zero-order valence-corrected chi connectivity index (χ0v) is 7.23. The van der Waals surface area contributed by atoms with Gasteiger partial charge >= 0.3 is 0 Å². The zero-order chi connectivity index (χ0) is 9.26. The summed E-state index contributed by atoms with van der Waals surface area (Å²) in [5.41, 5.74) is 0.773. The first kappa shape index (κ1) is 8.38. The van der Waals surface area contributed by atoms with E-state index in [4.69, 9.17) is 9.84 Å². The number of hydrogen-bond donors (Lipinski definition) is 2. The summed E-state index contributed by atoms with van der Waals surface area (Å²) in [7, 11) is 0. The third-order valence-electron chi connectivity index (χ3n) is 2.29. The summed E-state index contributed by atoms with van der Waals surface area (Å²) in [6.45, 7) is 0.755. The van der Waals surface area contributed by atoms with Crippen LogP contribution in [0.15, 0.2) is 18.2 Å². The van der Waals surface area contributed by atoms with Gasteiger partial charge < -0.3 is 14.9 Å². The minimum atomic E-state index is 0.000556. The maximum absolute atomic E-state index is 9.51. The van der Waals surface area contributed by atoms with Crippen molar-refractivity contribution in [2.75, 3.05) is 6.61 Å². The molecule has 0 amide bonds. The van der Waals surface area contributed by atoms with Crippen LogP contribution in [0, 0.1) is 0 Å². The lowest BCUT2D eigenvalue weighted by Gasteiger charge is -2.11. The van der Waals surface area contributed by atoms with E-state index >= 15 is 0 Å². The maximum atomic E-state index is 9.51. The van der Waals surface area contributed by atoms with E-state index in [9.17, 15) is 5.11 Å². The van der Waals surface area contributed by atoms with Gasteiger partial charge in [-0.15, -0.1) is 0 Å². The molecule has 70 valence electrons. The molecule has 0 spiro atoms. The van der Waals surface area contributed by atoms with Gasteiger partial charge in [-0.05, 0) is 25.0 Å². The van der Waals surface area contributed by atoms with Crippen LogP contribution in [-0.4, -0.2) is 16.8 Å². The monoisotopic (exact) mass is 180 g/mol. The molecular weight excluding hydrogens is 168 g/mol. The molecule has 1 heterocycles. The van der Waals surface area contributed by atoms with Crippen molar-refractivity contribution in [3.8, 4) is 11.5 Å². The molecule has 1 unspecified atom stereocenters. The maximum Gasteiger partial charge on any atom is 0.125 e. The van der Waals surface area contributed by atoms with Gasteiger partial charge in [-0.25, -0.2) is 0 Å². The summed E-state index contributed by atoms with van der Waals surface area (Å²) in [6.07, 6.45) is 1.98. The quantitative estimate of drug-likeness (QED) is 0.694. The predicted molar refractivity (Wildman–Crippen MR) is 47.7 cm³/mol. The van der Waals surface area contributed by atoms with E-state index in [2.05, 4.69) is 0 Å². The van der Waals surface area contributed by atoms with Crippen LogP contribution < -0.4 is 0 Å². The van der Waals surface area contributed by atoms with E-state index < -0.39 is 0 Å². The lowest BCUT2D eigenvalue weighted by molar-refractivity contribution is 0.109. The Bertz CT molecular complexity index is 303. The van der Waals surface area contributed by atoms with Gasteiger partial charge in [0.2, 0.25) is 0 Å². The third-order valence-corrected chi connectivity index (χ3v) is 2.29. The first-order valence-electron chi connectivity index (χ1n) is 4.41. The molecule has 2 rings (SSSR count). The summed E-state index contributed by atoms with van der Waals surface area (Å²) < 4.78 is 5.42. The van der Waals surface area contributed by atoms with E-state index in [1.807, 2.05) is 0 Å². The lowest BCUT2D eigenvalue weighted by atomic mass is 10.1. The molecule has 0 aliphatic carbocycles. The molecule has 0 radical (unpaired) electrons. The topological polar surface area (TPSA) is 49.7 Å². The molecule has 1 aliphatic rings. The molecule has 1 aliphatic heterocycles. The van der Waals surface area contributed by atoms with Gasteiger partial charge in [-0.2, -0.15) is 0 Å². The summed E-state index contributed by atoms with van der Waals surface area (Å²) in [5, 5.41) is 18.6. The second kappa shape index (κ2) is 3.26. The molecule has 1 atom stereocenters. The Morgan fingerprint density at radius 3 is 2.77 bits per heavy atom. The lowest BCUT2D eigenvalue weighted by Crippen LogP contribution is -1.95. The molecule has 1 saturated heterocycles. The average molecular weight is 180 g/mol. The zero-order valence-electron chi connectivity index (χ0n) is 7.23. The first-order chi connectivity index (χ1) is 6.27. The molecule has 13 heavy (non-hydrogen) atoms. The molecule has 2 N–H and O–H groups in total. The molecule has 3 heteroatoms. The van der Waals surface area contributed by atoms with Crippen molar-refractivity contribution in [2.24, 2.45) is 0 Å². The Hall–Kier alpha value is -1.22. The molecule has 1 fully saturated rings. The van der Waals surface area contributed by atoms with Crippen LogP contribution in [0.1, 0.15) is 24.5 Å². The molecule has 0 bridgehead atoms. The Morgan fingerprint density at radius 2 is 2.15 bits per heavy atom. The molecular formula is C10H12O3. The number of ether oxygens (including phenoxy) is 1. The standard InChI is InChI=1S/C10H12O3/c11-7-3-4-8(9(12)6-7)10-2-1-5-13-10/h3-4,6,10-12H,1-2,5H2. The third kappa shape index (κ3) is 1.60. The van der Waals surface area contributed by atoms with E-state index in [1.54, 1.807) is 12.1 Å². The fourth-order valence-corrected chi connectivity index (χ4v) is 1.63. The van der Waals surface area contributed by atoms with E-state index in [1.165, 1.54) is 6.07 Å². The van der Waals surface area contributed by atoms with Gasteiger partial charge in [-0.1, -0.05) is 0 Å². The van der Waals surface area contributed by atoms with Gasteiger partial charge in [0.1, 0.15) is 11.5 Å². The fourth-order valence-electron chi connectivity index (χ4n) is 1.63. The van der Waals surface area contributed by atoms with Crippen LogP contribution >= 0.6 is 0 Å². The van der Waals surface area contributed by atoms with Gasteiger partial charge in [0.05, 0.1) is 6.10 Å². The van der Waals surface area contributed by atoms with Crippen LogP contribution in [0.2, 0.25) is 0 Å². The minimum Gasteiger partial charge on any atom is -0.508 e. The number of phenols is 2. The number of benzene rings is 1. The van der Waals surface area contributed by atoms with Crippen molar-refractivity contribution < 1.29 is 14.9 Å². The summed E-state index contributed by atoms with van der Waals surface area (Å²) in [5.74, 6) is 0.200. The molecule has 1 aromatic rings. The number of rotatable bonds is 1. The van der Waals surface area contributed by atoms with Crippen molar-refractivity contribution in [2.45, 2.75) is 18.9 Å². The second-order valence-electron chi connectivity index (χ2n) is 3.24. The van der Waals surface area contributed by atoms with E-state index in [0.717, 1.165) is 25.0 Å². The number of hydrogen-bond acceptors (Lipinski definition) is 3. The van der Waals surface area contributed by atoms with Crippen LogP contribution in [0.25, 0.3) is 0 Å². The smallest absolute Gasteiger partial charge is 0.125 e. The Labute approximate surface area is 76.6 Å². The SMILES string of the molecule is Oc1ccc(C2CCCO2)c(O)c1. The van der Waals surface area contributed by atoms with Gasteiger partial charge in [-0.3, -0.25) is 0 Å². The molecule has 1 aromatic carbocycles. The highest BCUT2D eigenvalue weighted by molar-refractivity contribution is 5.40. The highest BCUT2D eigenvalue weighted by Crippen LogP contribution is 2.35. The van der Waals surface area contributed by atoms with E-state index in [-0.39, 0.29) is 17.6 Å². The highest BCUT2D eigenvalue weighted by atomic mass is 16.5. The second-order valence-corrected chi connectivity index (χ2v) is 3.24. The summed E-state index contributed by atoms with van der Waals surface area (Å²) >= 11 is 0. The number of aromatic hydroxyl groups is 2. The molecule has 0 saturated carbocycles. The van der Waals surface area contributed by atoms with Crippen molar-refractivity contribution in [3.05, 3.63) is 23.8 Å². The van der Waals surface area contributed by atoms with E-state index in [0.29, 0.717) is 0 Å². The summed E-state index contributed by atoms with van der Waals surface area (Å²) in [6, 6.07) is 4.62. The van der Waals surface area contributed by atoms with Crippen molar-refractivity contribution in [3.63, 3.8) is 0 Å². The van der Waals surface area contributed by atoms with Crippen LogP contribution in [-0.2, 0) is 4.74 Å². The minimum absolute atomic E-state index is 0.000556. The van der Waals surface area contributed by atoms with Crippen LogP contribution in [0.5, 0.6) is 11.5 Å². The Morgan fingerprint density at radius 1 is 1.31 bits per heavy atom. The van der Waals surface area contributed by atoms with Gasteiger partial charge in [0.15, 0.2) is 0 Å². The average Bonchev–Trinajstić information content (AvgIpc) is 2.56. The van der Waals surface area contributed by atoms with Crippen molar-refractivity contribution in [1.29, 1.82) is 0 Å². The summed E-state index contributed by atoms with van der Waals surface area (Å²) in [4.78, 5) is 0. The Kier molecular flexibility index (Phi) is 2.10. The predicted octanol–water partition coefficient (Wildman–Crippen LogP) is 1.95. The van der Waals surface area contributed by atoms with Crippen molar-refractivity contribution >= 4 is 0 Å². The molecule has 3 nitrogen and oxygen atoms in total. The van der Waals surface area contributed by atoms with Crippen LogP contribution in [0.3, 0.4) is 0 Å². The normalized spacial score (nSPS) is 22.0. The highest BCUT2D eigenvalue weighted by Gasteiger charge is 2.20. The van der Waals surface area contributed by atoms with Gasteiger partial charge in [0, 0.05) is 18.2 Å². The van der Waals surface area contributed by atoms with Crippen molar-refractivity contribution in [1.82, 2.24) is 0 Å². The number of phenolic OH excluding ortho intramolecular Hbond substituents is 2. The van der Waals surface area contributed by atoms with Gasteiger partial charge in [0.25, 0.3) is 0 Å². The Balaban J connectivity index is 2.29. The largest absolute Gasteiger partial charge is 0.508 e. The molecule has 0 aromatic heterocycles. The fraction of sp³-hybridized carbons (Fsp3) is 0.400. The first-order valence-corrected chi connectivity index (χ1v) is 4.41. The van der Waals surface area contributed by atoms with Crippen LogP contribution in [0.4, 0.5) is 0 Å².